The standard InChI is InChI=1S/C28H26N2O5/c1-19(2)35-24-14-11-21(12-15-24)17-25(30-26(31)16-13-20-7-4-3-5-8-20)27(32)29-23-10-6-9-22(18-23)28(33)34/h3-19H,1-2H3,(H,29,32)(H,30,31)(H,33,34)/p-1/b16-13+,25-17-. The van der Waals surface area contributed by atoms with E-state index in [2.05, 4.69) is 10.6 Å². The number of carboxylic acid groups (broad SMARTS) is 1. The molecule has 0 heterocycles. The maximum absolute atomic E-state index is 13.0. The molecule has 0 saturated carbocycles. The summed E-state index contributed by atoms with van der Waals surface area (Å²) in [4.78, 5) is 36.7. The number of aromatic carboxylic acids is 1. The number of nitrogens with one attached hydrogen (secondary N) is 2. The van der Waals surface area contributed by atoms with E-state index in [1.807, 2.05) is 44.2 Å². The molecule has 0 fully saturated rings. The summed E-state index contributed by atoms with van der Waals surface area (Å²) in [6.07, 6.45) is 4.50. The molecule has 3 rings (SSSR count). The van der Waals surface area contributed by atoms with E-state index in [0.29, 0.717) is 11.3 Å². The van der Waals surface area contributed by atoms with E-state index < -0.39 is 17.8 Å². The summed E-state index contributed by atoms with van der Waals surface area (Å²) in [7, 11) is 0. The van der Waals surface area contributed by atoms with Crippen LogP contribution in [0.4, 0.5) is 5.69 Å². The van der Waals surface area contributed by atoms with Gasteiger partial charge in [0.15, 0.2) is 0 Å². The van der Waals surface area contributed by atoms with Crippen molar-refractivity contribution in [3.63, 3.8) is 0 Å². The van der Waals surface area contributed by atoms with Crippen molar-refractivity contribution in [1.82, 2.24) is 5.32 Å². The highest BCUT2D eigenvalue weighted by molar-refractivity contribution is 6.10. The zero-order chi connectivity index (χ0) is 25.2. The predicted octanol–water partition coefficient (Wildman–Crippen LogP) is 3.65. The lowest BCUT2D eigenvalue weighted by molar-refractivity contribution is -0.255. The minimum Gasteiger partial charge on any atom is -0.545 e. The first-order valence-electron chi connectivity index (χ1n) is 11.0. The average molecular weight is 470 g/mol. The van der Waals surface area contributed by atoms with Crippen molar-refractivity contribution in [1.29, 1.82) is 0 Å². The average Bonchev–Trinajstić information content (AvgIpc) is 2.84. The molecule has 178 valence electrons. The van der Waals surface area contributed by atoms with E-state index in [0.717, 1.165) is 5.56 Å². The molecule has 2 amide bonds. The van der Waals surface area contributed by atoms with Crippen LogP contribution in [-0.2, 0) is 9.59 Å². The molecule has 0 spiro atoms. The van der Waals surface area contributed by atoms with Gasteiger partial charge in [-0.2, -0.15) is 0 Å². The largest absolute Gasteiger partial charge is 0.545 e. The van der Waals surface area contributed by atoms with Crippen LogP contribution in [0.5, 0.6) is 5.75 Å². The molecule has 7 heteroatoms. The number of carbonyl (C=O) groups is 3. The molecular formula is C28H25N2O5-. The van der Waals surface area contributed by atoms with Gasteiger partial charge in [0, 0.05) is 11.8 Å². The molecule has 0 atom stereocenters. The van der Waals surface area contributed by atoms with Crippen LogP contribution in [0.15, 0.2) is 90.6 Å². The van der Waals surface area contributed by atoms with Gasteiger partial charge in [-0.05, 0) is 67.0 Å². The van der Waals surface area contributed by atoms with Gasteiger partial charge in [0.2, 0.25) is 5.91 Å². The van der Waals surface area contributed by atoms with Crippen LogP contribution >= 0.6 is 0 Å². The summed E-state index contributed by atoms with van der Waals surface area (Å²) in [5.74, 6) is -1.81. The molecule has 3 aromatic carbocycles. The number of amides is 2. The number of rotatable bonds is 9. The minimum atomic E-state index is -1.36. The monoisotopic (exact) mass is 469 g/mol. The van der Waals surface area contributed by atoms with E-state index in [9.17, 15) is 19.5 Å². The number of hydrogen-bond donors (Lipinski definition) is 2. The quantitative estimate of drug-likeness (QED) is 0.465. The Morgan fingerprint density at radius 3 is 2.26 bits per heavy atom. The molecule has 35 heavy (non-hydrogen) atoms. The third-order valence-corrected chi connectivity index (χ3v) is 4.65. The molecule has 0 bridgehead atoms. The summed E-state index contributed by atoms with van der Waals surface area (Å²) in [6.45, 7) is 3.84. The predicted molar refractivity (Wildman–Crippen MR) is 133 cm³/mol. The fourth-order valence-electron chi connectivity index (χ4n) is 3.07. The third-order valence-electron chi connectivity index (χ3n) is 4.65. The van der Waals surface area contributed by atoms with Gasteiger partial charge in [0.25, 0.3) is 5.91 Å². The zero-order valence-electron chi connectivity index (χ0n) is 19.4. The van der Waals surface area contributed by atoms with Gasteiger partial charge in [0.1, 0.15) is 11.4 Å². The van der Waals surface area contributed by atoms with Crippen LogP contribution in [0.25, 0.3) is 12.2 Å². The van der Waals surface area contributed by atoms with E-state index in [4.69, 9.17) is 4.74 Å². The molecule has 0 saturated heterocycles. The van der Waals surface area contributed by atoms with Crippen molar-refractivity contribution >= 4 is 35.6 Å². The lowest BCUT2D eigenvalue weighted by Crippen LogP contribution is -2.29. The second-order valence-electron chi connectivity index (χ2n) is 7.85. The van der Waals surface area contributed by atoms with Crippen molar-refractivity contribution in [2.45, 2.75) is 20.0 Å². The molecule has 0 aliphatic rings. The summed E-state index contributed by atoms with van der Waals surface area (Å²) in [5, 5.41) is 16.3. The SMILES string of the molecule is CC(C)Oc1ccc(/C=C(\NC(=O)/C=C/c2ccccc2)C(=O)Nc2cccc(C(=O)[O-])c2)cc1. The van der Waals surface area contributed by atoms with E-state index in [1.54, 1.807) is 30.3 Å². The number of ether oxygens (including phenoxy) is 1. The Labute approximate surface area is 203 Å². The van der Waals surface area contributed by atoms with Crippen LogP contribution in [-0.4, -0.2) is 23.9 Å². The fraction of sp³-hybridized carbons (Fsp3) is 0.107. The normalized spacial score (nSPS) is 11.3. The Balaban J connectivity index is 1.84. The maximum Gasteiger partial charge on any atom is 0.272 e. The first-order chi connectivity index (χ1) is 16.8. The molecular weight excluding hydrogens is 444 g/mol. The number of anilines is 1. The fourth-order valence-corrected chi connectivity index (χ4v) is 3.07. The molecule has 2 N–H and O–H groups in total. The lowest BCUT2D eigenvalue weighted by atomic mass is 10.1. The van der Waals surface area contributed by atoms with Gasteiger partial charge < -0.3 is 25.3 Å². The number of hydrogen-bond acceptors (Lipinski definition) is 5. The Morgan fingerprint density at radius 2 is 1.60 bits per heavy atom. The van der Waals surface area contributed by atoms with Crippen LogP contribution in [0.3, 0.4) is 0 Å². The number of carboxylic acids is 1. The van der Waals surface area contributed by atoms with Crippen LogP contribution in [0.1, 0.15) is 35.3 Å². The molecule has 0 unspecified atom stereocenters. The Morgan fingerprint density at radius 1 is 0.886 bits per heavy atom. The van der Waals surface area contributed by atoms with Crippen molar-refractivity contribution in [2.75, 3.05) is 5.32 Å². The highest BCUT2D eigenvalue weighted by atomic mass is 16.5. The first-order valence-corrected chi connectivity index (χ1v) is 11.0. The van der Waals surface area contributed by atoms with Gasteiger partial charge in [-0.15, -0.1) is 0 Å². The van der Waals surface area contributed by atoms with Gasteiger partial charge in [0.05, 0.1) is 12.1 Å². The van der Waals surface area contributed by atoms with Gasteiger partial charge in [-0.25, -0.2) is 0 Å². The molecule has 7 nitrogen and oxygen atoms in total. The second-order valence-corrected chi connectivity index (χ2v) is 7.85. The van der Waals surface area contributed by atoms with Crippen molar-refractivity contribution in [3.05, 3.63) is 107 Å². The minimum absolute atomic E-state index is 0.0187. The van der Waals surface area contributed by atoms with Crippen molar-refractivity contribution in [2.24, 2.45) is 0 Å². The molecule has 0 aromatic heterocycles. The topological polar surface area (TPSA) is 108 Å². The highest BCUT2D eigenvalue weighted by Crippen LogP contribution is 2.17. The first kappa shape index (κ1) is 25.0. The zero-order valence-corrected chi connectivity index (χ0v) is 19.4. The van der Waals surface area contributed by atoms with Crippen LogP contribution in [0, 0.1) is 0 Å². The van der Waals surface area contributed by atoms with E-state index >= 15 is 0 Å². The third kappa shape index (κ3) is 8.01. The Bertz CT molecular complexity index is 1250. The second kappa shape index (κ2) is 12.0. The highest BCUT2D eigenvalue weighted by Gasteiger charge is 2.13. The van der Waals surface area contributed by atoms with Crippen molar-refractivity contribution < 1.29 is 24.2 Å². The summed E-state index contributed by atoms with van der Waals surface area (Å²) in [6, 6.07) is 22.0. The Hall–Kier alpha value is -4.65. The lowest BCUT2D eigenvalue weighted by Gasteiger charge is -2.12. The number of benzene rings is 3. The smallest absolute Gasteiger partial charge is 0.272 e. The van der Waals surface area contributed by atoms with Crippen molar-refractivity contribution in [3.8, 4) is 5.75 Å². The van der Waals surface area contributed by atoms with Gasteiger partial charge >= 0.3 is 0 Å². The number of carbonyl (C=O) groups excluding carboxylic acids is 3. The van der Waals surface area contributed by atoms with Crippen LogP contribution < -0.4 is 20.5 Å². The van der Waals surface area contributed by atoms with Gasteiger partial charge in [-0.1, -0.05) is 54.6 Å². The van der Waals surface area contributed by atoms with E-state index in [-0.39, 0.29) is 23.1 Å². The molecule has 0 aliphatic carbocycles. The Kier molecular flexibility index (Phi) is 8.56. The maximum atomic E-state index is 13.0. The van der Waals surface area contributed by atoms with Crippen LogP contribution in [0.2, 0.25) is 0 Å². The molecule has 0 aliphatic heterocycles. The van der Waals surface area contributed by atoms with E-state index in [1.165, 1.54) is 36.4 Å². The summed E-state index contributed by atoms with van der Waals surface area (Å²) in [5.41, 5.74) is 1.63. The summed E-state index contributed by atoms with van der Waals surface area (Å²) >= 11 is 0. The molecule has 3 aromatic rings. The van der Waals surface area contributed by atoms with Gasteiger partial charge in [-0.3, -0.25) is 9.59 Å². The molecule has 0 radical (unpaired) electrons. The summed E-state index contributed by atoms with van der Waals surface area (Å²) < 4.78 is 5.64.